The Morgan fingerprint density at radius 2 is 1.94 bits per heavy atom. The molecule has 0 bridgehead atoms. The molecule has 1 N–H and O–H groups in total. The highest BCUT2D eigenvalue weighted by atomic mass is 16.3. The Kier molecular flexibility index (Phi) is 1.97. The van der Waals surface area contributed by atoms with Crippen LogP contribution < -0.4 is 0 Å². The summed E-state index contributed by atoms with van der Waals surface area (Å²) in [4.78, 5) is 0. The molecule has 2 aromatic rings. The predicted octanol–water partition coefficient (Wildman–Crippen LogP) is 3.77. The lowest BCUT2D eigenvalue weighted by Gasteiger charge is -2.24. The number of phenols is 1. The van der Waals surface area contributed by atoms with Gasteiger partial charge in [-0.15, -0.1) is 0 Å². The highest BCUT2D eigenvalue weighted by Crippen LogP contribution is 2.37. The van der Waals surface area contributed by atoms with E-state index in [-0.39, 0.29) is 0 Å². The summed E-state index contributed by atoms with van der Waals surface area (Å²) < 4.78 is 0. The van der Waals surface area contributed by atoms with E-state index >= 15 is 0 Å². The Morgan fingerprint density at radius 3 is 2.56 bits per heavy atom. The van der Waals surface area contributed by atoms with E-state index < -0.39 is 0 Å². The lowest BCUT2D eigenvalue weighted by Crippen LogP contribution is -2.10. The summed E-state index contributed by atoms with van der Waals surface area (Å²) in [6, 6.07) is 8.13. The SMILES string of the molecule is CC(C)c1cc(O)cc2ccc3c(c12)CC3. The molecule has 0 heterocycles. The van der Waals surface area contributed by atoms with E-state index in [2.05, 4.69) is 26.0 Å². The minimum absolute atomic E-state index is 0.385. The molecule has 0 saturated heterocycles. The molecule has 0 spiro atoms. The third-order valence-corrected chi connectivity index (χ3v) is 3.60. The van der Waals surface area contributed by atoms with Gasteiger partial charge in [0.15, 0.2) is 0 Å². The van der Waals surface area contributed by atoms with Gasteiger partial charge in [-0.25, -0.2) is 0 Å². The van der Waals surface area contributed by atoms with Gasteiger partial charge in [-0.05, 0) is 58.4 Å². The molecule has 0 amide bonds. The van der Waals surface area contributed by atoms with E-state index in [9.17, 15) is 5.11 Å². The second-order valence-corrected chi connectivity index (χ2v) is 4.99. The molecular weight excluding hydrogens is 196 g/mol. The van der Waals surface area contributed by atoms with E-state index in [0.717, 1.165) is 0 Å². The average molecular weight is 212 g/mol. The molecule has 0 saturated carbocycles. The van der Waals surface area contributed by atoms with Gasteiger partial charge in [-0.2, -0.15) is 0 Å². The van der Waals surface area contributed by atoms with Crippen molar-refractivity contribution in [1.29, 1.82) is 0 Å². The van der Waals surface area contributed by atoms with Crippen LogP contribution >= 0.6 is 0 Å². The van der Waals surface area contributed by atoms with Crippen LogP contribution in [0.4, 0.5) is 0 Å². The predicted molar refractivity (Wildman–Crippen MR) is 67.1 cm³/mol. The first kappa shape index (κ1) is 9.71. The van der Waals surface area contributed by atoms with Crippen molar-refractivity contribution < 1.29 is 5.11 Å². The average Bonchev–Trinajstić information content (AvgIpc) is 2.18. The number of hydrogen-bond donors (Lipinski definition) is 1. The van der Waals surface area contributed by atoms with Crippen LogP contribution in [-0.4, -0.2) is 5.11 Å². The summed E-state index contributed by atoms with van der Waals surface area (Å²) in [7, 11) is 0. The van der Waals surface area contributed by atoms with Gasteiger partial charge >= 0.3 is 0 Å². The Balaban J connectivity index is 2.42. The molecule has 2 aromatic carbocycles. The van der Waals surface area contributed by atoms with Crippen molar-refractivity contribution in [2.75, 3.05) is 0 Å². The van der Waals surface area contributed by atoms with Gasteiger partial charge in [0.05, 0.1) is 0 Å². The zero-order valence-electron chi connectivity index (χ0n) is 9.75. The number of hydrogen-bond acceptors (Lipinski definition) is 1. The van der Waals surface area contributed by atoms with Gasteiger partial charge in [-0.3, -0.25) is 0 Å². The van der Waals surface area contributed by atoms with Crippen molar-refractivity contribution in [3.05, 3.63) is 41.0 Å². The van der Waals surface area contributed by atoms with Gasteiger partial charge in [-0.1, -0.05) is 26.0 Å². The maximum Gasteiger partial charge on any atom is 0.116 e. The van der Waals surface area contributed by atoms with Crippen LogP contribution in [0.2, 0.25) is 0 Å². The number of aryl methyl sites for hydroxylation is 2. The molecule has 0 atom stereocenters. The largest absolute Gasteiger partial charge is 0.508 e. The minimum Gasteiger partial charge on any atom is -0.508 e. The summed E-state index contributed by atoms with van der Waals surface area (Å²) >= 11 is 0. The van der Waals surface area contributed by atoms with E-state index in [1.54, 1.807) is 0 Å². The van der Waals surface area contributed by atoms with Crippen LogP contribution in [-0.2, 0) is 12.8 Å². The number of aromatic hydroxyl groups is 1. The summed E-state index contributed by atoms with van der Waals surface area (Å²) in [6.07, 6.45) is 2.40. The Bertz CT molecular complexity index is 567. The first-order valence-corrected chi connectivity index (χ1v) is 5.94. The summed E-state index contributed by atoms with van der Waals surface area (Å²) in [6.45, 7) is 4.37. The van der Waals surface area contributed by atoms with Crippen molar-refractivity contribution in [2.45, 2.75) is 32.6 Å². The number of rotatable bonds is 1. The van der Waals surface area contributed by atoms with Crippen molar-refractivity contribution in [2.24, 2.45) is 0 Å². The Morgan fingerprint density at radius 1 is 1.12 bits per heavy atom. The van der Waals surface area contributed by atoms with Crippen molar-refractivity contribution in [1.82, 2.24) is 0 Å². The van der Waals surface area contributed by atoms with E-state index in [0.29, 0.717) is 11.7 Å². The van der Waals surface area contributed by atoms with Crippen molar-refractivity contribution >= 4 is 10.8 Å². The number of phenolic OH excluding ortho intramolecular Hbond substituents is 1. The minimum atomic E-state index is 0.385. The lowest BCUT2D eigenvalue weighted by molar-refractivity contribution is 0.475. The fourth-order valence-electron chi connectivity index (χ4n) is 2.66. The van der Waals surface area contributed by atoms with Crippen molar-refractivity contribution in [3.8, 4) is 5.75 Å². The molecule has 1 aliphatic rings. The van der Waals surface area contributed by atoms with E-state index in [4.69, 9.17) is 0 Å². The first-order chi connectivity index (χ1) is 7.66. The van der Waals surface area contributed by atoms with E-state index in [1.165, 1.54) is 40.3 Å². The van der Waals surface area contributed by atoms with Crippen LogP contribution in [0.25, 0.3) is 10.8 Å². The standard InChI is InChI=1S/C15H16O/c1-9(2)14-8-12(16)7-11-4-3-10-5-6-13(10)15(11)14/h3-4,7-9,16H,5-6H2,1-2H3. The quantitative estimate of drug-likeness (QED) is 0.763. The Labute approximate surface area is 95.7 Å². The molecule has 1 heteroatoms. The first-order valence-electron chi connectivity index (χ1n) is 5.94. The molecule has 1 aliphatic carbocycles. The third kappa shape index (κ3) is 1.24. The van der Waals surface area contributed by atoms with Crippen molar-refractivity contribution in [3.63, 3.8) is 0 Å². The van der Waals surface area contributed by atoms with Gasteiger partial charge in [0.25, 0.3) is 0 Å². The van der Waals surface area contributed by atoms with Crippen LogP contribution in [0, 0.1) is 0 Å². The number of benzene rings is 2. The Hall–Kier alpha value is -1.50. The summed E-state index contributed by atoms with van der Waals surface area (Å²) in [5.74, 6) is 0.845. The molecule has 0 fully saturated rings. The lowest BCUT2D eigenvalue weighted by atomic mass is 9.81. The molecule has 0 radical (unpaired) electrons. The molecule has 16 heavy (non-hydrogen) atoms. The second kappa shape index (κ2) is 3.24. The van der Waals surface area contributed by atoms with Gasteiger partial charge in [0.1, 0.15) is 5.75 Å². The maximum absolute atomic E-state index is 9.74. The monoisotopic (exact) mass is 212 g/mol. The summed E-state index contributed by atoms with van der Waals surface area (Å²) in [5.41, 5.74) is 4.27. The fourth-order valence-corrected chi connectivity index (χ4v) is 2.66. The maximum atomic E-state index is 9.74. The van der Waals surface area contributed by atoms with Crippen LogP contribution in [0.3, 0.4) is 0 Å². The summed E-state index contributed by atoms with van der Waals surface area (Å²) in [5, 5.41) is 12.3. The number of fused-ring (bicyclic) bond motifs is 3. The molecule has 0 unspecified atom stereocenters. The molecule has 1 nitrogen and oxygen atoms in total. The zero-order valence-corrected chi connectivity index (χ0v) is 9.75. The van der Waals surface area contributed by atoms with Gasteiger partial charge in [0.2, 0.25) is 0 Å². The normalized spacial score (nSPS) is 13.9. The topological polar surface area (TPSA) is 20.2 Å². The fraction of sp³-hybridized carbons (Fsp3) is 0.333. The second-order valence-electron chi connectivity index (χ2n) is 4.99. The molecule has 0 aliphatic heterocycles. The molecule has 0 aromatic heterocycles. The van der Waals surface area contributed by atoms with E-state index in [1.807, 2.05) is 12.1 Å². The van der Waals surface area contributed by atoms with Crippen LogP contribution in [0.15, 0.2) is 24.3 Å². The third-order valence-electron chi connectivity index (χ3n) is 3.60. The molecular formula is C15H16O. The van der Waals surface area contributed by atoms with Gasteiger partial charge in [0, 0.05) is 0 Å². The van der Waals surface area contributed by atoms with Crippen LogP contribution in [0.5, 0.6) is 5.75 Å². The van der Waals surface area contributed by atoms with Crippen LogP contribution in [0.1, 0.15) is 36.5 Å². The zero-order chi connectivity index (χ0) is 11.3. The molecule has 82 valence electrons. The van der Waals surface area contributed by atoms with Gasteiger partial charge < -0.3 is 5.11 Å². The highest BCUT2D eigenvalue weighted by molar-refractivity contribution is 5.92. The molecule has 3 rings (SSSR count). The smallest absolute Gasteiger partial charge is 0.116 e. The highest BCUT2D eigenvalue weighted by Gasteiger charge is 2.19.